The summed E-state index contributed by atoms with van der Waals surface area (Å²) in [7, 11) is 0. The van der Waals surface area contributed by atoms with Crippen LogP contribution in [-0.2, 0) is 4.79 Å². The number of hydrogen-bond acceptors (Lipinski definition) is 5. The van der Waals surface area contributed by atoms with Crippen molar-refractivity contribution in [2.24, 2.45) is 5.73 Å². The van der Waals surface area contributed by atoms with Gasteiger partial charge in [0.2, 0.25) is 5.91 Å². The van der Waals surface area contributed by atoms with E-state index in [1.54, 1.807) is 0 Å². The molecule has 0 fully saturated rings. The molecule has 1 aromatic heterocycles. The summed E-state index contributed by atoms with van der Waals surface area (Å²) in [5, 5.41) is 6.00. The molecular formula is C9H14Cl2F2N4O2S. The average molecular weight is 351 g/mol. The van der Waals surface area contributed by atoms with E-state index in [4.69, 9.17) is 5.73 Å². The van der Waals surface area contributed by atoms with Gasteiger partial charge in [0, 0.05) is 12.3 Å². The van der Waals surface area contributed by atoms with Crippen molar-refractivity contribution in [2.75, 3.05) is 18.4 Å². The van der Waals surface area contributed by atoms with Gasteiger partial charge >= 0.3 is 0 Å². The third-order valence-electron chi connectivity index (χ3n) is 1.83. The Balaban J connectivity index is 0. The molecule has 11 heteroatoms. The maximum Gasteiger partial charge on any atom is 0.277 e. The fourth-order valence-electron chi connectivity index (χ4n) is 0.958. The van der Waals surface area contributed by atoms with Gasteiger partial charge in [0.25, 0.3) is 11.8 Å². The zero-order valence-corrected chi connectivity index (χ0v) is 12.8. The number of nitrogens with zero attached hydrogens (tertiary/aromatic N) is 1. The molecule has 0 aromatic carbocycles. The summed E-state index contributed by atoms with van der Waals surface area (Å²) in [5.74, 6) is -4.21. The highest BCUT2D eigenvalue weighted by molar-refractivity contribution is 7.14. The second kappa shape index (κ2) is 9.01. The molecule has 0 atom stereocenters. The van der Waals surface area contributed by atoms with Crippen molar-refractivity contribution >= 4 is 53.1 Å². The molecule has 0 radical (unpaired) electrons. The zero-order chi connectivity index (χ0) is 13.8. The molecule has 1 rings (SSSR count). The second-order valence-corrected chi connectivity index (χ2v) is 4.32. The van der Waals surface area contributed by atoms with E-state index in [1.807, 2.05) is 5.32 Å². The van der Waals surface area contributed by atoms with Crippen LogP contribution in [0.15, 0.2) is 5.38 Å². The largest absolute Gasteiger partial charge is 0.345 e. The van der Waals surface area contributed by atoms with Gasteiger partial charge < -0.3 is 16.4 Å². The number of aromatic nitrogens is 1. The van der Waals surface area contributed by atoms with Crippen LogP contribution < -0.4 is 16.4 Å². The normalized spacial score (nSPS) is 10.0. The Bertz CT molecular complexity index is 459. The highest BCUT2D eigenvalue weighted by Gasteiger charge is 2.27. The molecule has 20 heavy (non-hydrogen) atoms. The first kappa shape index (κ1) is 21.3. The lowest BCUT2D eigenvalue weighted by atomic mass is 10.3. The first-order valence-corrected chi connectivity index (χ1v) is 5.81. The monoisotopic (exact) mass is 350 g/mol. The molecule has 0 aliphatic carbocycles. The van der Waals surface area contributed by atoms with E-state index < -0.39 is 24.9 Å². The van der Waals surface area contributed by atoms with E-state index in [0.29, 0.717) is 0 Å². The summed E-state index contributed by atoms with van der Waals surface area (Å²) >= 11 is 1.03. The summed E-state index contributed by atoms with van der Waals surface area (Å²) in [4.78, 5) is 26.0. The van der Waals surface area contributed by atoms with Crippen molar-refractivity contribution in [3.8, 4) is 0 Å². The van der Waals surface area contributed by atoms with E-state index in [2.05, 4.69) is 10.3 Å². The molecule has 0 spiro atoms. The van der Waals surface area contributed by atoms with Crippen LogP contribution in [0.3, 0.4) is 0 Å². The Labute approximate surface area is 130 Å². The lowest BCUT2D eigenvalue weighted by molar-refractivity contribution is -0.114. The predicted molar refractivity (Wildman–Crippen MR) is 77.2 cm³/mol. The van der Waals surface area contributed by atoms with E-state index in [9.17, 15) is 18.4 Å². The Morgan fingerprint density at radius 1 is 1.45 bits per heavy atom. The number of alkyl halides is 2. The van der Waals surface area contributed by atoms with Crippen LogP contribution in [-0.4, -0.2) is 35.8 Å². The minimum atomic E-state index is -3.15. The third-order valence-corrected chi connectivity index (χ3v) is 2.58. The van der Waals surface area contributed by atoms with Gasteiger partial charge in [-0.1, -0.05) is 0 Å². The predicted octanol–water partition coefficient (Wildman–Crippen LogP) is 1.27. The minimum Gasteiger partial charge on any atom is -0.345 e. The third kappa shape index (κ3) is 6.94. The number of carbonyl (C=O) groups excluding carboxylic acids is 2. The Morgan fingerprint density at radius 2 is 2.05 bits per heavy atom. The van der Waals surface area contributed by atoms with Gasteiger partial charge in [-0.3, -0.25) is 9.59 Å². The number of nitrogens with two attached hydrogens (primary N) is 1. The summed E-state index contributed by atoms with van der Waals surface area (Å²) in [6.07, 6.45) is 0. The molecule has 116 valence electrons. The molecular weight excluding hydrogens is 337 g/mol. The van der Waals surface area contributed by atoms with Crippen molar-refractivity contribution in [3.63, 3.8) is 0 Å². The van der Waals surface area contributed by atoms with Gasteiger partial charge in [-0.25, -0.2) is 13.8 Å². The minimum absolute atomic E-state index is 0. The number of amides is 2. The SMILES string of the molecule is CC(=O)Nc1nc(C(=O)NCC(F)(F)CN)cs1.Cl.Cl. The zero-order valence-electron chi connectivity index (χ0n) is 10.3. The second-order valence-electron chi connectivity index (χ2n) is 3.46. The number of hydrogen-bond donors (Lipinski definition) is 3. The van der Waals surface area contributed by atoms with Gasteiger partial charge in [0.1, 0.15) is 5.69 Å². The topological polar surface area (TPSA) is 97.1 Å². The number of thiazole rings is 1. The maximum absolute atomic E-state index is 12.8. The van der Waals surface area contributed by atoms with Crippen LogP contribution in [0.25, 0.3) is 0 Å². The first-order chi connectivity index (χ1) is 8.34. The molecule has 1 aromatic rings. The van der Waals surface area contributed by atoms with Crippen LogP contribution in [0.4, 0.5) is 13.9 Å². The number of rotatable bonds is 5. The molecule has 2 amide bonds. The maximum atomic E-state index is 12.8. The van der Waals surface area contributed by atoms with Gasteiger partial charge in [0.15, 0.2) is 5.13 Å². The summed E-state index contributed by atoms with van der Waals surface area (Å²) in [6.45, 7) is -0.403. The number of carbonyl (C=O) groups is 2. The lowest BCUT2D eigenvalue weighted by Gasteiger charge is -2.13. The van der Waals surface area contributed by atoms with Crippen LogP contribution in [0.5, 0.6) is 0 Å². The van der Waals surface area contributed by atoms with Gasteiger partial charge in [-0.15, -0.1) is 36.2 Å². The molecule has 0 saturated carbocycles. The standard InChI is InChI=1S/C9H12F2N4O2S.2ClH/c1-5(16)14-8-15-6(2-18-8)7(17)13-4-9(10,11)3-12;;/h2H,3-4,12H2,1H3,(H,13,17)(H,14,15,16);2*1H. The van der Waals surface area contributed by atoms with Crippen LogP contribution in [0, 0.1) is 0 Å². The molecule has 0 aliphatic rings. The molecule has 0 unspecified atom stereocenters. The quantitative estimate of drug-likeness (QED) is 0.744. The average Bonchev–Trinajstić information content (AvgIpc) is 2.73. The van der Waals surface area contributed by atoms with Crippen molar-refractivity contribution in [1.82, 2.24) is 10.3 Å². The van der Waals surface area contributed by atoms with Crippen LogP contribution in [0.2, 0.25) is 0 Å². The molecule has 4 N–H and O–H groups in total. The first-order valence-electron chi connectivity index (χ1n) is 4.93. The van der Waals surface area contributed by atoms with Gasteiger partial charge in [-0.2, -0.15) is 0 Å². The summed E-state index contributed by atoms with van der Waals surface area (Å²) < 4.78 is 25.6. The molecule has 6 nitrogen and oxygen atoms in total. The number of nitrogens with one attached hydrogen (secondary N) is 2. The van der Waals surface area contributed by atoms with Crippen LogP contribution in [0.1, 0.15) is 17.4 Å². The van der Waals surface area contributed by atoms with Crippen molar-refractivity contribution in [2.45, 2.75) is 12.8 Å². The van der Waals surface area contributed by atoms with Crippen molar-refractivity contribution in [3.05, 3.63) is 11.1 Å². The molecule has 0 bridgehead atoms. The highest BCUT2D eigenvalue weighted by Crippen LogP contribution is 2.15. The fraction of sp³-hybridized carbons (Fsp3) is 0.444. The van der Waals surface area contributed by atoms with E-state index in [1.165, 1.54) is 12.3 Å². The molecule has 0 saturated heterocycles. The fourth-order valence-corrected chi connectivity index (χ4v) is 1.70. The number of anilines is 1. The van der Waals surface area contributed by atoms with Crippen LogP contribution >= 0.6 is 36.2 Å². The Kier molecular flexibility index (Phi) is 9.58. The lowest BCUT2D eigenvalue weighted by Crippen LogP contribution is -2.41. The molecule has 0 aliphatic heterocycles. The van der Waals surface area contributed by atoms with E-state index in [0.717, 1.165) is 11.3 Å². The van der Waals surface area contributed by atoms with Gasteiger partial charge in [-0.05, 0) is 0 Å². The van der Waals surface area contributed by atoms with E-state index in [-0.39, 0.29) is 41.5 Å². The van der Waals surface area contributed by atoms with Gasteiger partial charge in [0.05, 0.1) is 13.1 Å². The summed E-state index contributed by atoms with van der Waals surface area (Å²) in [6, 6.07) is 0. The van der Waals surface area contributed by atoms with Crippen molar-refractivity contribution in [1.29, 1.82) is 0 Å². The Morgan fingerprint density at radius 3 is 2.55 bits per heavy atom. The Hall–Kier alpha value is -1.03. The molecule has 1 heterocycles. The van der Waals surface area contributed by atoms with E-state index >= 15 is 0 Å². The smallest absolute Gasteiger partial charge is 0.277 e. The highest BCUT2D eigenvalue weighted by atomic mass is 35.5. The summed E-state index contributed by atoms with van der Waals surface area (Å²) in [5.41, 5.74) is 4.80. The van der Waals surface area contributed by atoms with Crippen molar-refractivity contribution < 1.29 is 18.4 Å². The number of halogens is 4.